The van der Waals surface area contributed by atoms with Crippen LogP contribution < -0.4 is 10.6 Å². The van der Waals surface area contributed by atoms with Gasteiger partial charge in [-0.1, -0.05) is 0 Å². The fourth-order valence-electron chi connectivity index (χ4n) is 1.19. The van der Waals surface area contributed by atoms with Crippen LogP contribution in [-0.2, 0) is 16.1 Å². The number of carboxylic acid groups (broad SMARTS) is 1. The first-order valence-electron chi connectivity index (χ1n) is 5.51. The number of imide groups is 1. The monoisotopic (exact) mass is 285 g/mol. The van der Waals surface area contributed by atoms with Crippen molar-refractivity contribution in [1.29, 1.82) is 0 Å². The van der Waals surface area contributed by atoms with Crippen molar-refractivity contribution in [2.75, 3.05) is 0 Å². The van der Waals surface area contributed by atoms with E-state index in [-0.39, 0.29) is 13.0 Å². The highest BCUT2D eigenvalue weighted by Crippen LogP contribution is 2.19. The third-order valence-electron chi connectivity index (χ3n) is 2.32. The molecule has 0 aliphatic rings. The summed E-state index contributed by atoms with van der Waals surface area (Å²) in [5, 5.41) is 15.9. The highest BCUT2D eigenvalue weighted by molar-refractivity contribution is 7.09. The van der Waals surface area contributed by atoms with E-state index in [1.54, 1.807) is 11.6 Å². The van der Waals surface area contributed by atoms with Crippen LogP contribution in [0.5, 0.6) is 0 Å². The second-order valence-electron chi connectivity index (χ2n) is 4.52. The van der Waals surface area contributed by atoms with Gasteiger partial charge in [0.1, 0.15) is 5.01 Å². The van der Waals surface area contributed by atoms with Gasteiger partial charge in [0.15, 0.2) is 0 Å². The van der Waals surface area contributed by atoms with Crippen molar-refractivity contribution >= 4 is 29.2 Å². The first-order chi connectivity index (χ1) is 8.81. The number of carboxylic acids is 1. The first kappa shape index (κ1) is 15.1. The average Bonchev–Trinajstić information content (AvgIpc) is 2.77. The number of aromatic nitrogens is 1. The van der Waals surface area contributed by atoms with Crippen molar-refractivity contribution in [2.45, 2.75) is 26.8 Å². The summed E-state index contributed by atoms with van der Waals surface area (Å²) >= 11 is 1.38. The molecule has 0 atom stereocenters. The molecule has 0 spiro atoms. The molecular weight excluding hydrogens is 270 g/mol. The number of urea groups is 1. The highest BCUT2D eigenvalue weighted by atomic mass is 32.1. The van der Waals surface area contributed by atoms with E-state index in [0.717, 1.165) is 0 Å². The normalized spacial score (nSPS) is 10.8. The molecule has 0 aromatic carbocycles. The average molecular weight is 285 g/mol. The minimum Gasteiger partial charge on any atom is -0.481 e. The molecule has 1 heterocycles. The lowest BCUT2D eigenvalue weighted by Gasteiger charge is -2.17. The molecule has 7 nitrogen and oxygen atoms in total. The van der Waals surface area contributed by atoms with Gasteiger partial charge in [0, 0.05) is 18.0 Å². The molecule has 0 aliphatic heterocycles. The molecule has 1 aromatic rings. The van der Waals surface area contributed by atoms with Crippen LogP contribution in [0, 0.1) is 5.41 Å². The first-order valence-corrected chi connectivity index (χ1v) is 6.38. The molecule has 0 bridgehead atoms. The molecular formula is C11H15N3O4S. The standard InChI is InChI=1S/C11H15N3O4S/c1-11(2,9(16)17)5-7(15)14-10(18)13-6-8-12-3-4-19-8/h3-4H,5-6H2,1-2H3,(H,16,17)(H2,13,14,15,18). The molecule has 1 aromatic heterocycles. The van der Waals surface area contributed by atoms with E-state index in [2.05, 4.69) is 15.6 Å². The second kappa shape index (κ2) is 6.28. The van der Waals surface area contributed by atoms with E-state index < -0.39 is 23.3 Å². The summed E-state index contributed by atoms with van der Waals surface area (Å²) in [6, 6.07) is -0.665. The van der Waals surface area contributed by atoms with Crippen LogP contribution in [0.4, 0.5) is 4.79 Å². The van der Waals surface area contributed by atoms with E-state index in [9.17, 15) is 14.4 Å². The third-order valence-corrected chi connectivity index (χ3v) is 3.10. The van der Waals surface area contributed by atoms with Gasteiger partial charge in [-0.05, 0) is 13.8 Å². The van der Waals surface area contributed by atoms with E-state index in [1.165, 1.54) is 25.2 Å². The van der Waals surface area contributed by atoms with Gasteiger partial charge in [-0.15, -0.1) is 11.3 Å². The molecule has 0 saturated heterocycles. The molecule has 3 N–H and O–H groups in total. The highest BCUT2D eigenvalue weighted by Gasteiger charge is 2.30. The Kier molecular flexibility index (Phi) is 4.99. The lowest BCUT2D eigenvalue weighted by Crippen LogP contribution is -2.41. The van der Waals surface area contributed by atoms with E-state index >= 15 is 0 Å². The summed E-state index contributed by atoms with van der Waals surface area (Å²) in [5.74, 6) is -1.73. The molecule has 0 aliphatic carbocycles. The quantitative estimate of drug-likeness (QED) is 0.747. The Bertz CT molecular complexity index is 470. The van der Waals surface area contributed by atoms with Crippen LogP contribution in [0.3, 0.4) is 0 Å². The Hall–Kier alpha value is -1.96. The number of rotatable bonds is 5. The van der Waals surface area contributed by atoms with Crippen molar-refractivity contribution in [3.8, 4) is 0 Å². The second-order valence-corrected chi connectivity index (χ2v) is 5.50. The fourth-order valence-corrected chi connectivity index (χ4v) is 1.74. The van der Waals surface area contributed by atoms with Crippen molar-refractivity contribution < 1.29 is 19.5 Å². The van der Waals surface area contributed by atoms with E-state index in [0.29, 0.717) is 5.01 Å². The maximum Gasteiger partial charge on any atom is 0.321 e. The smallest absolute Gasteiger partial charge is 0.321 e. The van der Waals surface area contributed by atoms with E-state index in [1.807, 2.05) is 0 Å². The van der Waals surface area contributed by atoms with Crippen molar-refractivity contribution in [1.82, 2.24) is 15.6 Å². The number of amides is 3. The Morgan fingerprint density at radius 1 is 1.42 bits per heavy atom. The lowest BCUT2D eigenvalue weighted by atomic mass is 9.89. The zero-order valence-electron chi connectivity index (χ0n) is 10.6. The number of carbonyl (C=O) groups excluding carboxylic acids is 2. The predicted molar refractivity (Wildman–Crippen MR) is 68.5 cm³/mol. The summed E-state index contributed by atoms with van der Waals surface area (Å²) in [5.41, 5.74) is -1.21. The summed E-state index contributed by atoms with van der Waals surface area (Å²) in [4.78, 5) is 37.7. The third kappa shape index (κ3) is 5.04. The minimum absolute atomic E-state index is 0.221. The molecule has 8 heteroatoms. The number of nitrogens with one attached hydrogen (secondary N) is 2. The Balaban J connectivity index is 2.36. The predicted octanol–water partition coefficient (Wildman–Crippen LogP) is 0.970. The van der Waals surface area contributed by atoms with Gasteiger partial charge in [-0.3, -0.25) is 14.9 Å². The minimum atomic E-state index is -1.21. The number of thiazole rings is 1. The van der Waals surface area contributed by atoms with Crippen LogP contribution in [0.1, 0.15) is 25.3 Å². The molecule has 1 rings (SSSR count). The van der Waals surface area contributed by atoms with Gasteiger partial charge in [0.2, 0.25) is 5.91 Å². The van der Waals surface area contributed by atoms with Crippen LogP contribution in [0.2, 0.25) is 0 Å². The van der Waals surface area contributed by atoms with Crippen LogP contribution in [0.25, 0.3) is 0 Å². The lowest BCUT2D eigenvalue weighted by molar-refractivity contribution is -0.149. The molecule has 0 fully saturated rings. The maximum atomic E-state index is 11.5. The van der Waals surface area contributed by atoms with Gasteiger partial charge in [0.25, 0.3) is 0 Å². The van der Waals surface area contributed by atoms with Crippen LogP contribution in [0.15, 0.2) is 11.6 Å². The largest absolute Gasteiger partial charge is 0.481 e. The summed E-state index contributed by atoms with van der Waals surface area (Å²) in [6.45, 7) is 3.06. The van der Waals surface area contributed by atoms with Gasteiger partial charge in [0.05, 0.1) is 12.0 Å². The molecule has 0 saturated carbocycles. The molecule has 0 radical (unpaired) electrons. The molecule has 3 amide bonds. The van der Waals surface area contributed by atoms with Gasteiger partial charge in [-0.25, -0.2) is 9.78 Å². The SMILES string of the molecule is CC(C)(CC(=O)NC(=O)NCc1nccs1)C(=O)O. The number of hydrogen-bond acceptors (Lipinski definition) is 5. The van der Waals surface area contributed by atoms with Gasteiger partial charge >= 0.3 is 12.0 Å². The zero-order chi connectivity index (χ0) is 14.5. The Morgan fingerprint density at radius 3 is 2.63 bits per heavy atom. The summed E-state index contributed by atoms with van der Waals surface area (Å²) in [7, 11) is 0. The van der Waals surface area contributed by atoms with Crippen molar-refractivity contribution in [2.24, 2.45) is 5.41 Å². The number of hydrogen-bond donors (Lipinski definition) is 3. The van der Waals surface area contributed by atoms with Crippen LogP contribution >= 0.6 is 11.3 Å². The molecule has 19 heavy (non-hydrogen) atoms. The summed E-state index contributed by atoms with van der Waals surface area (Å²) in [6.07, 6.45) is 1.34. The number of carbonyl (C=O) groups is 3. The van der Waals surface area contributed by atoms with Crippen LogP contribution in [-0.4, -0.2) is 28.0 Å². The van der Waals surface area contributed by atoms with Gasteiger partial charge in [-0.2, -0.15) is 0 Å². The number of aliphatic carboxylic acids is 1. The van der Waals surface area contributed by atoms with E-state index in [4.69, 9.17) is 5.11 Å². The Labute approximate surface area is 114 Å². The zero-order valence-corrected chi connectivity index (χ0v) is 11.4. The van der Waals surface area contributed by atoms with Crippen molar-refractivity contribution in [3.63, 3.8) is 0 Å². The Morgan fingerprint density at radius 2 is 2.11 bits per heavy atom. The van der Waals surface area contributed by atoms with Crippen molar-refractivity contribution in [3.05, 3.63) is 16.6 Å². The molecule has 104 valence electrons. The number of nitrogens with zero attached hydrogens (tertiary/aromatic N) is 1. The van der Waals surface area contributed by atoms with Gasteiger partial charge < -0.3 is 10.4 Å². The topological polar surface area (TPSA) is 108 Å². The maximum absolute atomic E-state index is 11.5. The molecule has 0 unspecified atom stereocenters. The fraction of sp³-hybridized carbons (Fsp3) is 0.455. The summed E-state index contributed by atoms with van der Waals surface area (Å²) < 4.78 is 0.